The van der Waals surface area contributed by atoms with Crippen LogP contribution in [0, 0.1) is 23.7 Å². The lowest BCUT2D eigenvalue weighted by Crippen LogP contribution is -2.33. The summed E-state index contributed by atoms with van der Waals surface area (Å²) in [5.41, 5.74) is 5.07. The first-order chi connectivity index (χ1) is 16.7. The molecule has 1 saturated heterocycles. The molecule has 5 nitrogen and oxygen atoms in total. The lowest BCUT2D eigenvalue weighted by Gasteiger charge is -2.21. The second kappa shape index (κ2) is 7.19. The van der Waals surface area contributed by atoms with Gasteiger partial charge in [0, 0.05) is 17.9 Å². The van der Waals surface area contributed by atoms with Gasteiger partial charge < -0.3 is 9.47 Å². The summed E-state index contributed by atoms with van der Waals surface area (Å²) in [6.45, 7) is 0.149. The zero-order chi connectivity index (χ0) is 22.8. The average molecular weight is 447 g/mol. The first-order valence-electron chi connectivity index (χ1n) is 11.5. The third-order valence-electron chi connectivity index (χ3n) is 7.44. The molecule has 2 amide bonds. The molecular formula is C29H21NO4. The highest BCUT2D eigenvalue weighted by atomic mass is 16.7. The van der Waals surface area contributed by atoms with E-state index in [1.165, 1.54) is 10.5 Å². The predicted octanol–water partition coefficient (Wildman–Crippen LogP) is 4.84. The Labute approximate surface area is 196 Å². The molecule has 2 aliphatic heterocycles. The number of imide groups is 1. The summed E-state index contributed by atoms with van der Waals surface area (Å²) in [5.74, 6) is -0.0394. The number of carbonyl (C=O) groups excluding carboxylic acids is 2. The van der Waals surface area contributed by atoms with E-state index in [0.717, 1.165) is 16.7 Å². The summed E-state index contributed by atoms with van der Waals surface area (Å²) in [6, 6.07) is 25.8. The third kappa shape index (κ3) is 2.61. The Morgan fingerprint density at radius 3 is 1.85 bits per heavy atom. The molecule has 0 spiro atoms. The van der Waals surface area contributed by atoms with Crippen molar-refractivity contribution in [1.29, 1.82) is 0 Å². The van der Waals surface area contributed by atoms with E-state index in [9.17, 15) is 9.59 Å². The van der Waals surface area contributed by atoms with Crippen LogP contribution < -0.4 is 14.4 Å². The number of benzene rings is 3. The van der Waals surface area contributed by atoms with Crippen molar-refractivity contribution in [3.63, 3.8) is 0 Å². The van der Waals surface area contributed by atoms with Crippen LogP contribution in [0.2, 0.25) is 0 Å². The van der Waals surface area contributed by atoms with Crippen LogP contribution in [0.25, 0.3) is 5.57 Å². The van der Waals surface area contributed by atoms with Crippen molar-refractivity contribution in [3.05, 3.63) is 108 Å². The van der Waals surface area contributed by atoms with E-state index in [0.29, 0.717) is 17.2 Å². The molecule has 7 rings (SSSR count). The number of carbonyl (C=O) groups is 2. The smallest absolute Gasteiger partial charge is 0.238 e. The van der Waals surface area contributed by atoms with Gasteiger partial charge >= 0.3 is 0 Å². The third-order valence-corrected chi connectivity index (χ3v) is 7.44. The maximum Gasteiger partial charge on any atom is 0.238 e. The maximum atomic E-state index is 13.7. The molecule has 1 saturated carbocycles. The van der Waals surface area contributed by atoms with Crippen LogP contribution in [0.1, 0.15) is 11.1 Å². The predicted molar refractivity (Wildman–Crippen MR) is 127 cm³/mol. The highest BCUT2D eigenvalue weighted by molar-refractivity contribution is 6.23. The van der Waals surface area contributed by atoms with Gasteiger partial charge in [-0.15, -0.1) is 0 Å². The van der Waals surface area contributed by atoms with Crippen LogP contribution in [0.4, 0.5) is 5.69 Å². The molecule has 0 N–H and O–H groups in total. The number of hydrogen-bond acceptors (Lipinski definition) is 4. The Hall–Kier alpha value is -4.12. The van der Waals surface area contributed by atoms with Crippen LogP contribution in [-0.2, 0) is 9.59 Å². The Morgan fingerprint density at radius 1 is 0.706 bits per heavy atom. The van der Waals surface area contributed by atoms with Gasteiger partial charge in [0.05, 0.1) is 17.5 Å². The number of amides is 2. The summed E-state index contributed by atoms with van der Waals surface area (Å²) in [6.07, 6.45) is 4.25. The van der Waals surface area contributed by atoms with Gasteiger partial charge in [-0.05, 0) is 34.4 Å². The van der Waals surface area contributed by atoms with Crippen LogP contribution in [0.15, 0.2) is 96.6 Å². The summed E-state index contributed by atoms with van der Waals surface area (Å²) in [7, 11) is 0. The molecule has 0 unspecified atom stereocenters. The molecule has 0 radical (unpaired) electrons. The lowest BCUT2D eigenvalue weighted by molar-refractivity contribution is -0.122. The largest absolute Gasteiger partial charge is 0.454 e. The van der Waals surface area contributed by atoms with Gasteiger partial charge in [-0.2, -0.15) is 0 Å². The van der Waals surface area contributed by atoms with Gasteiger partial charge in [0.1, 0.15) is 0 Å². The zero-order valence-electron chi connectivity index (χ0n) is 18.3. The molecule has 0 aromatic heterocycles. The molecule has 4 aliphatic rings. The van der Waals surface area contributed by atoms with Gasteiger partial charge in [0.25, 0.3) is 0 Å². The molecule has 2 fully saturated rings. The minimum absolute atomic E-state index is 0.0964. The van der Waals surface area contributed by atoms with Crippen molar-refractivity contribution in [2.45, 2.75) is 0 Å². The van der Waals surface area contributed by atoms with E-state index in [4.69, 9.17) is 9.47 Å². The SMILES string of the molecule is O=C1[C@H]2[C@H](C(=O)N1c1ccc3c(c1)OCO3)[C@H]1C=C[C@H]2C1=C(c1ccccc1)c1ccccc1. The number of hydrogen-bond donors (Lipinski definition) is 0. The van der Waals surface area contributed by atoms with E-state index in [-0.39, 0.29) is 42.3 Å². The lowest BCUT2D eigenvalue weighted by atomic mass is 9.85. The average Bonchev–Trinajstić information content (AvgIpc) is 3.63. The van der Waals surface area contributed by atoms with Crippen LogP contribution >= 0.6 is 0 Å². The second-order valence-corrected chi connectivity index (χ2v) is 9.10. The Morgan fingerprint density at radius 2 is 1.26 bits per heavy atom. The molecule has 34 heavy (non-hydrogen) atoms. The maximum absolute atomic E-state index is 13.7. The Kier molecular flexibility index (Phi) is 4.09. The normalized spacial score (nSPS) is 25.9. The molecule has 2 aliphatic carbocycles. The molecule has 166 valence electrons. The summed E-state index contributed by atoms with van der Waals surface area (Å²) in [5, 5.41) is 0. The van der Waals surface area contributed by atoms with Crippen LogP contribution in [-0.4, -0.2) is 18.6 Å². The quantitative estimate of drug-likeness (QED) is 0.426. The molecule has 2 heterocycles. The van der Waals surface area contributed by atoms with Crippen LogP contribution in [0.5, 0.6) is 11.5 Å². The highest BCUT2D eigenvalue weighted by Gasteiger charge is 2.62. The highest BCUT2D eigenvalue weighted by Crippen LogP contribution is 2.59. The molecular weight excluding hydrogens is 426 g/mol. The summed E-state index contributed by atoms with van der Waals surface area (Å²) in [4.78, 5) is 28.8. The monoisotopic (exact) mass is 447 g/mol. The minimum atomic E-state index is -0.384. The second-order valence-electron chi connectivity index (χ2n) is 9.10. The van der Waals surface area contributed by atoms with Gasteiger partial charge in [-0.25, -0.2) is 4.90 Å². The Balaban J connectivity index is 1.34. The van der Waals surface area contributed by atoms with Crippen molar-refractivity contribution < 1.29 is 19.1 Å². The van der Waals surface area contributed by atoms with E-state index in [2.05, 4.69) is 36.4 Å². The molecule has 3 aromatic rings. The number of anilines is 1. The van der Waals surface area contributed by atoms with Crippen molar-refractivity contribution in [3.8, 4) is 11.5 Å². The topological polar surface area (TPSA) is 55.8 Å². The number of allylic oxidation sites excluding steroid dienone is 3. The molecule has 4 atom stereocenters. The van der Waals surface area contributed by atoms with Crippen LogP contribution in [0.3, 0.4) is 0 Å². The fourth-order valence-corrected chi connectivity index (χ4v) is 6.08. The summed E-state index contributed by atoms with van der Waals surface area (Å²) >= 11 is 0. The number of rotatable bonds is 3. The number of fused-ring (bicyclic) bond motifs is 6. The Bertz CT molecular complexity index is 1320. The standard InChI is InChI=1S/C29H21NO4/c31-28-26-20-12-13-21(25(20)24(17-7-3-1-4-8-17)18-9-5-2-6-10-18)27(26)29(32)30(28)19-11-14-22-23(15-19)34-16-33-22/h1-15,20-21,26-27H,16H2/t20-,21-,26+,27+/m0/s1. The van der Waals surface area contributed by atoms with Crippen molar-refractivity contribution in [2.24, 2.45) is 23.7 Å². The van der Waals surface area contributed by atoms with E-state index >= 15 is 0 Å². The zero-order valence-corrected chi connectivity index (χ0v) is 18.3. The molecule has 2 bridgehead atoms. The van der Waals surface area contributed by atoms with E-state index < -0.39 is 0 Å². The molecule has 3 aromatic carbocycles. The fraction of sp³-hybridized carbons (Fsp3) is 0.172. The van der Waals surface area contributed by atoms with Gasteiger partial charge in [-0.3, -0.25) is 9.59 Å². The minimum Gasteiger partial charge on any atom is -0.454 e. The van der Waals surface area contributed by atoms with E-state index in [1.807, 2.05) is 36.4 Å². The summed E-state index contributed by atoms with van der Waals surface area (Å²) < 4.78 is 10.9. The fourth-order valence-electron chi connectivity index (χ4n) is 6.08. The van der Waals surface area contributed by atoms with Gasteiger partial charge in [-0.1, -0.05) is 72.8 Å². The van der Waals surface area contributed by atoms with Gasteiger partial charge in [0.2, 0.25) is 18.6 Å². The van der Waals surface area contributed by atoms with Gasteiger partial charge in [0.15, 0.2) is 11.5 Å². The van der Waals surface area contributed by atoms with E-state index in [1.54, 1.807) is 18.2 Å². The van der Waals surface area contributed by atoms with Crippen molar-refractivity contribution >= 4 is 23.1 Å². The van der Waals surface area contributed by atoms with Crippen molar-refractivity contribution in [2.75, 3.05) is 11.7 Å². The first kappa shape index (κ1) is 19.4. The number of nitrogens with zero attached hydrogens (tertiary/aromatic N) is 1. The number of ether oxygens (including phenoxy) is 2. The molecule has 5 heteroatoms. The van der Waals surface area contributed by atoms with Crippen molar-refractivity contribution in [1.82, 2.24) is 0 Å². The first-order valence-corrected chi connectivity index (χ1v) is 11.5.